The van der Waals surface area contributed by atoms with Gasteiger partial charge in [0.2, 0.25) is 11.8 Å². The second-order valence-electron chi connectivity index (χ2n) is 15.3. The normalized spacial score (nSPS) is 18.7. The second-order valence-corrected chi connectivity index (χ2v) is 15.3. The fourth-order valence-corrected chi connectivity index (χ4v) is 6.98. The summed E-state index contributed by atoms with van der Waals surface area (Å²) < 4.78 is 18.1. The number of hydrogen-bond donors (Lipinski definition) is 0. The Labute approximate surface area is 292 Å². The van der Waals surface area contributed by atoms with Crippen molar-refractivity contribution < 1.29 is 19.0 Å². The van der Waals surface area contributed by atoms with Crippen LogP contribution in [0.2, 0.25) is 0 Å². The molecule has 0 saturated carbocycles. The predicted octanol–water partition coefficient (Wildman–Crippen LogP) is 9.22. The SMILES string of the molecule is CC1(C)C=C(c2ccc(OCc3ccccc3)nc2OCc2ccccc2)C=CC(N2CCC3(CCN(C(=O)OC(C)(C)C)CC3)CC2)=C1. The molecular formula is C42H51N3O4. The number of hydrogen-bond acceptors (Lipinski definition) is 6. The first-order valence-electron chi connectivity index (χ1n) is 17.7. The van der Waals surface area contributed by atoms with E-state index in [1.54, 1.807) is 0 Å². The Morgan fingerprint density at radius 3 is 1.96 bits per heavy atom. The average Bonchev–Trinajstić information content (AvgIpc) is 3.25. The number of nitrogens with zero attached hydrogens (tertiary/aromatic N) is 3. The van der Waals surface area contributed by atoms with E-state index in [1.807, 2.05) is 80.3 Å². The van der Waals surface area contributed by atoms with Crippen molar-refractivity contribution in [1.82, 2.24) is 14.8 Å². The van der Waals surface area contributed by atoms with Gasteiger partial charge in [-0.2, -0.15) is 4.98 Å². The zero-order valence-electron chi connectivity index (χ0n) is 29.8. The molecule has 7 nitrogen and oxygen atoms in total. The molecule has 2 aliphatic heterocycles. The van der Waals surface area contributed by atoms with Gasteiger partial charge in [0.05, 0.1) is 0 Å². The molecule has 1 aromatic heterocycles. The monoisotopic (exact) mass is 661 g/mol. The van der Waals surface area contributed by atoms with Gasteiger partial charge in [-0.15, -0.1) is 0 Å². The van der Waals surface area contributed by atoms with Gasteiger partial charge in [-0.05, 0) is 80.7 Å². The lowest BCUT2D eigenvalue weighted by Crippen LogP contribution is -2.49. The highest BCUT2D eigenvalue weighted by Gasteiger charge is 2.40. The number of benzene rings is 2. The number of carbonyl (C=O) groups is 1. The van der Waals surface area contributed by atoms with E-state index in [0.29, 0.717) is 30.4 Å². The van der Waals surface area contributed by atoms with Gasteiger partial charge >= 0.3 is 6.09 Å². The minimum Gasteiger partial charge on any atom is -0.473 e. The Kier molecular flexibility index (Phi) is 10.2. The molecule has 1 spiro atoms. The van der Waals surface area contributed by atoms with Crippen molar-refractivity contribution in [3.8, 4) is 11.8 Å². The van der Waals surface area contributed by atoms with Gasteiger partial charge in [-0.25, -0.2) is 4.79 Å². The topological polar surface area (TPSA) is 64.1 Å². The van der Waals surface area contributed by atoms with E-state index in [9.17, 15) is 4.79 Å². The fraction of sp³-hybridized carbons (Fsp3) is 0.429. The summed E-state index contributed by atoms with van der Waals surface area (Å²) in [5.41, 5.74) is 5.07. The molecule has 0 unspecified atom stereocenters. The lowest BCUT2D eigenvalue weighted by atomic mass is 9.71. The third-order valence-corrected chi connectivity index (χ3v) is 9.74. The Morgan fingerprint density at radius 1 is 0.755 bits per heavy atom. The van der Waals surface area contributed by atoms with E-state index in [2.05, 4.69) is 61.3 Å². The molecule has 7 heteroatoms. The van der Waals surface area contributed by atoms with Gasteiger partial charge in [-0.1, -0.05) is 92.7 Å². The van der Waals surface area contributed by atoms with E-state index in [4.69, 9.17) is 19.2 Å². The molecule has 3 aliphatic rings. The van der Waals surface area contributed by atoms with Gasteiger partial charge in [-0.3, -0.25) is 0 Å². The Hall–Kier alpha value is -4.52. The molecule has 2 saturated heterocycles. The largest absolute Gasteiger partial charge is 0.473 e. The molecule has 0 radical (unpaired) electrons. The predicted molar refractivity (Wildman–Crippen MR) is 195 cm³/mol. The molecule has 3 heterocycles. The zero-order valence-corrected chi connectivity index (χ0v) is 29.8. The van der Waals surface area contributed by atoms with Crippen LogP contribution in [0.5, 0.6) is 11.8 Å². The third-order valence-electron chi connectivity index (χ3n) is 9.74. The summed E-state index contributed by atoms with van der Waals surface area (Å²) in [6.45, 7) is 14.7. The maximum absolute atomic E-state index is 12.6. The fourth-order valence-electron chi connectivity index (χ4n) is 6.98. The Bertz CT molecular complexity index is 1670. The van der Waals surface area contributed by atoms with Gasteiger partial charge in [0, 0.05) is 48.9 Å². The molecule has 0 N–H and O–H groups in total. The van der Waals surface area contributed by atoms with E-state index >= 15 is 0 Å². The van der Waals surface area contributed by atoms with Crippen molar-refractivity contribution in [1.29, 1.82) is 0 Å². The first-order chi connectivity index (χ1) is 23.5. The summed E-state index contributed by atoms with van der Waals surface area (Å²) in [5.74, 6) is 1.09. The summed E-state index contributed by atoms with van der Waals surface area (Å²) in [6, 6.07) is 24.3. The molecule has 6 rings (SSSR count). The summed E-state index contributed by atoms with van der Waals surface area (Å²) in [5, 5.41) is 0. The van der Waals surface area contributed by atoms with Crippen molar-refractivity contribution in [2.24, 2.45) is 10.8 Å². The number of likely N-dealkylation sites (tertiary alicyclic amines) is 2. The smallest absolute Gasteiger partial charge is 0.410 e. The third kappa shape index (κ3) is 9.14. The van der Waals surface area contributed by atoms with Crippen LogP contribution in [-0.4, -0.2) is 52.7 Å². The summed E-state index contributed by atoms with van der Waals surface area (Å²) in [4.78, 5) is 21.9. The summed E-state index contributed by atoms with van der Waals surface area (Å²) >= 11 is 0. The highest BCUT2D eigenvalue weighted by Crippen LogP contribution is 2.43. The molecule has 258 valence electrons. The van der Waals surface area contributed by atoms with Crippen molar-refractivity contribution in [3.63, 3.8) is 0 Å². The number of allylic oxidation sites excluding steroid dienone is 5. The molecule has 1 aliphatic carbocycles. The van der Waals surface area contributed by atoms with E-state index < -0.39 is 5.60 Å². The van der Waals surface area contributed by atoms with Crippen molar-refractivity contribution in [2.75, 3.05) is 26.2 Å². The van der Waals surface area contributed by atoms with Crippen LogP contribution in [0.25, 0.3) is 5.57 Å². The maximum atomic E-state index is 12.6. The van der Waals surface area contributed by atoms with Crippen LogP contribution in [0.1, 0.15) is 77.0 Å². The second kappa shape index (κ2) is 14.5. The number of rotatable bonds is 8. The molecule has 49 heavy (non-hydrogen) atoms. The molecule has 3 aromatic rings. The van der Waals surface area contributed by atoms with Crippen molar-refractivity contribution >= 4 is 11.7 Å². The van der Waals surface area contributed by atoms with Crippen LogP contribution in [0, 0.1) is 10.8 Å². The van der Waals surface area contributed by atoms with E-state index in [0.717, 1.165) is 74.1 Å². The number of aromatic nitrogens is 1. The number of carbonyl (C=O) groups excluding carboxylic acids is 1. The number of amides is 1. The van der Waals surface area contributed by atoms with Crippen LogP contribution in [0.15, 0.2) is 103 Å². The molecule has 2 fully saturated rings. The first-order valence-corrected chi connectivity index (χ1v) is 17.7. The zero-order chi connectivity index (χ0) is 34.5. The Morgan fingerprint density at radius 2 is 1.35 bits per heavy atom. The first kappa shape index (κ1) is 34.3. The molecule has 0 bridgehead atoms. The van der Waals surface area contributed by atoms with Crippen LogP contribution in [0.4, 0.5) is 4.79 Å². The number of pyridine rings is 1. The highest BCUT2D eigenvalue weighted by atomic mass is 16.6. The highest BCUT2D eigenvalue weighted by molar-refractivity contribution is 5.79. The molecule has 2 aromatic carbocycles. The van der Waals surface area contributed by atoms with Crippen LogP contribution < -0.4 is 9.47 Å². The average molecular weight is 662 g/mol. The van der Waals surface area contributed by atoms with Crippen molar-refractivity contribution in [3.05, 3.63) is 119 Å². The van der Waals surface area contributed by atoms with Crippen LogP contribution in [-0.2, 0) is 18.0 Å². The lowest BCUT2D eigenvalue weighted by Gasteiger charge is -2.47. The quantitative estimate of drug-likeness (QED) is 0.240. The van der Waals surface area contributed by atoms with Gasteiger partial charge in [0.1, 0.15) is 18.8 Å². The Balaban J connectivity index is 1.14. The maximum Gasteiger partial charge on any atom is 0.410 e. The summed E-state index contributed by atoms with van der Waals surface area (Å²) in [6.07, 6.45) is 13.3. The van der Waals surface area contributed by atoms with Crippen molar-refractivity contribution in [2.45, 2.75) is 79.1 Å². The summed E-state index contributed by atoms with van der Waals surface area (Å²) in [7, 11) is 0. The molecule has 1 amide bonds. The minimum absolute atomic E-state index is 0.183. The van der Waals surface area contributed by atoms with Gasteiger partial charge in [0.25, 0.3) is 0 Å². The lowest BCUT2D eigenvalue weighted by molar-refractivity contribution is 0.000314. The molecular weight excluding hydrogens is 610 g/mol. The minimum atomic E-state index is -0.465. The standard InChI is InChI=1S/C42H51N3O4/c1-40(2,3)49-39(46)45-26-22-42(23-27-45)20-24-44(25-21-42)35-17-16-34(28-41(4,5)29-35)36-18-19-37(47-30-32-12-8-6-9-13-32)43-38(36)48-31-33-14-10-7-11-15-33/h6-19,28-29H,20-27,30-31H2,1-5H3. The molecule has 0 atom stereocenters. The number of ether oxygens (including phenoxy) is 3. The number of piperidine rings is 2. The van der Waals surface area contributed by atoms with E-state index in [-0.39, 0.29) is 11.5 Å². The van der Waals surface area contributed by atoms with Crippen LogP contribution in [0.3, 0.4) is 0 Å². The van der Waals surface area contributed by atoms with Gasteiger partial charge < -0.3 is 24.0 Å². The van der Waals surface area contributed by atoms with Gasteiger partial charge in [0.15, 0.2) is 0 Å². The van der Waals surface area contributed by atoms with E-state index in [1.165, 1.54) is 5.70 Å². The van der Waals surface area contributed by atoms with Crippen LogP contribution >= 0.6 is 0 Å².